The van der Waals surface area contributed by atoms with E-state index in [0.29, 0.717) is 23.5 Å². The molecule has 0 bridgehead atoms. The normalized spacial score (nSPS) is 21.7. The molecule has 0 spiro atoms. The number of hydrogen-bond acceptors (Lipinski definition) is 7. The monoisotopic (exact) mass is 436 g/mol. The molecule has 9 heteroatoms. The standard InChI is InChI=1S/C20H28N4O3S2/c1-4-24-19(16-9-6-10-28-16)22-23-20(24)29-12-18(26)27-11-17(25)21-15-8-5-7-13(2)14(15)3/h6,9-10,13-15H,4-5,7-8,11-12H2,1-3H3,(H,21,25)/t13-,14-,15+/m0/s1. The fraction of sp³-hybridized carbons (Fsp3) is 0.600. The first kappa shape index (κ1) is 21.8. The topological polar surface area (TPSA) is 86.1 Å². The molecule has 0 unspecified atom stereocenters. The van der Waals surface area contributed by atoms with Gasteiger partial charge in [0.1, 0.15) is 0 Å². The van der Waals surface area contributed by atoms with Gasteiger partial charge in [-0.2, -0.15) is 0 Å². The highest BCUT2D eigenvalue weighted by Crippen LogP contribution is 2.29. The number of esters is 1. The highest BCUT2D eigenvalue weighted by atomic mass is 32.2. The van der Waals surface area contributed by atoms with E-state index in [0.717, 1.165) is 23.5 Å². The Balaban J connectivity index is 1.45. The summed E-state index contributed by atoms with van der Waals surface area (Å²) in [7, 11) is 0. The lowest BCUT2D eigenvalue weighted by atomic mass is 9.78. The molecule has 2 aromatic rings. The number of amides is 1. The van der Waals surface area contributed by atoms with Gasteiger partial charge in [0.2, 0.25) is 0 Å². The zero-order valence-electron chi connectivity index (χ0n) is 17.1. The summed E-state index contributed by atoms with van der Waals surface area (Å²) in [6, 6.07) is 4.13. The van der Waals surface area contributed by atoms with Gasteiger partial charge in [-0.05, 0) is 36.6 Å². The first-order chi connectivity index (χ1) is 14.0. The second-order valence-corrected chi connectivity index (χ2v) is 9.31. The molecular weight excluding hydrogens is 408 g/mol. The lowest BCUT2D eigenvalue weighted by Crippen LogP contribution is -2.45. The Hall–Kier alpha value is -1.87. The van der Waals surface area contributed by atoms with Crippen LogP contribution in [0.2, 0.25) is 0 Å². The van der Waals surface area contributed by atoms with Crippen LogP contribution in [0.5, 0.6) is 0 Å². The fourth-order valence-electron chi connectivity index (χ4n) is 3.61. The average molecular weight is 437 g/mol. The van der Waals surface area contributed by atoms with E-state index in [9.17, 15) is 9.59 Å². The van der Waals surface area contributed by atoms with Crippen LogP contribution in [0.1, 0.15) is 40.0 Å². The third-order valence-corrected chi connectivity index (χ3v) is 7.32. The van der Waals surface area contributed by atoms with Gasteiger partial charge >= 0.3 is 5.97 Å². The number of nitrogens with zero attached hydrogens (tertiary/aromatic N) is 3. The molecule has 0 aliphatic heterocycles. The summed E-state index contributed by atoms with van der Waals surface area (Å²) in [5.41, 5.74) is 0. The highest BCUT2D eigenvalue weighted by molar-refractivity contribution is 7.99. The van der Waals surface area contributed by atoms with Gasteiger partial charge in [0, 0.05) is 12.6 Å². The van der Waals surface area contributed by atoms with Crippen molar-refractivity contribution in [2.24, 2.45) is 11.8 Å². The second kappa shape index (κ2) is 10.2. The van der Waals surface area contributed by atoms with Crippen molar-refractivity contribution in [3.63, 3.8) is 0 Å². The Morgan fingerprint density at radius 2 is 2.17 bits per heavy atom. The molecule has 1 saturated carbocycles. The quantitative estimate of drug-likeness (QED) is 0.503. The molecule has 29 heavy (non-hydrogen) atoms. The van der Waals surface area contributed by atoms with Gasteiger partial charge in [-0.3, -0.25) is 9.59 Å². The Kier molecular flexibility index (Phi) is 7.71. The van der Waals surface area contributed by atoms with E-state index in [2.05, 4.69) is 29.4 Å². The molecule has 3 rings (SSSR count). The van der Waals surface area contributed by atoms with E-state index in [1.807, 2.05) is 29.0 Å². The molecule has 2 aromatic heterocycles. The molecule has 3 atom stereocenters. The molecule has 0 aromatic carbocycles. The number of ether oxygens (including phenoxy) is 1. The number of thioether (sulfide) groups is 1. The Morgan fingerprint density at radius 3 is 2.90 bits per heavy atom. The van der Waals surface area contributed by atoms with Gasteiger partial charge in [0.15, 0.2) is 17.6 Å². The number of nitrogens with one attached hydrogen (secondary N) is 1. The van der Waals surface area contributed by atoms with Gasteiger partial charge in [-0.15, -0.1) is 21.5 Å². The van der Waals surface area contributed by atoms with Gasteiger partial charge in [0.25, 0.3) is 5.91 Å². The van der Waals surface area contributed by atoms with E-state index in [1.54, 1.807) is 11.3 Å². The maximum absolute atomic E-state index is 12.2. The zero-order chi connectivity index (χ0) is 20.8. The van der Waals surface area contributed by atoms with Crippen molar-refractivity contribution in [1.82, 2.24) is 20.1 Å². The molecule has 1 fully saturated rings. The van der Waals surface area contributed by atoms with Crippen LogP contribution in [0.25, 0.3) is 10.7 Å². The minimum atomic E-state index is -0.432. The summed E-state index contributed by atoms with van der Waals surface area (Å²) in [6.45, 7) is 6.88. The van der Waals surface area contributed by atoms with Crippen molar-refractivity contribution in [1.29, 1.82) is 0 Å². The zero-order valence-corrected chi connectivity index (χ0v) is 18.7. The van der Waals surface area contributed by atoms with Crippen LogP contribution in [-0.4, -0.2) is 45.0 Å². The fourth-order valence-corrected chi connectivity index (χ4v) is 5.13. The predicted molar refractivity (Wildman–Crippen MR) is 115 cm³/mol. The van der Waals surface area contributed by atoms with E-state index < -0.39 is 5.97 Å². The third-order valence-electron chi connectivity index (χ3n) is 5.51. The molecule has 1 N–H and O–H groups in total. The van der Waals surface area contributed by atoms with Crippen LogP contribution in [-0.2, 0) is 20.9 Å². The van der Waals surface area contributed by atoms with Crippen molar-refractivity contribution in [3.05, 3.63) is 17.5 Å². The van der Waals surface area contributed by atoms with E-state index >= 15 is 0 Å². The van der Waals surface area contributed by atoms with Crippen LogP contribution in [0.3, 0.4) is 0 Å². The second-order valence-electron chi connectivity index (χ2n) is 7.42. The van der Waals surface area contributed by atoms with E-state index in [-0.39, 0.29) is 24.3 Å². The van der Waals surface area contributed by atoms with Crippen molar-refractivity contribution < 1.29 is 14.3 Å². The van der Waals surface area contributed by atoms with E-state index in [4.69, 9.17) is 4.74 Å². The van der Waals surface area contributed by atoms with Crippen molar-refractivity contribution in [3.8, 4) is 10.7 Å². The first-order valence-corrected chi connectivity index (χ1v) is 11.9. The molecule has 1 aliphatic carbocycles. The summed E-state index contributed by atoms with van der Waals surface area (Å²) in [4.78, 5) is 25.3. The Labute approximate surface area is 179 Å². The maximum Gasteiger partial charge on any atom is 0.316 e. The Morgan fingerprint density at radius 1 is 1.34 bits per heavy atom. The van der Waals surface area contributed by atoms with Crippen LogP contribution >= 0.6 is 23.1 Å². The minimum Gasteiger partial charge on any atom is -0.455 e. The molecule has 7 nitrogen and oxygen atoms in total. The summed E-state index contributed by atoms with van der Waals surface area (Å²) >= 11 is 2.87. The van der Waals surface area contributed by atoms with E-state index in [1.165, 1.54) is 18.2 Å². The molecule has 1 amide bonds. The molecule has 2 heterocycles. The maximum atomic E-state index is 12.2. The summed E-state index contributed by atoms with van der Waals surface area (Å²) < 4.78 is 7.13. The molecule has 1 aliphatic rings. The van der Waals surface area contributed by atoms with Gasteiger partial charge in [0.05, 0.1) is 10.6 Å². The largest absolute Gasteiger partial charge is 0.455 e. The molecule has 0 radical (unpaired) electrons. The summed E-state index contributed by atoms with van der Waals surface area (Å²) in [5, 5.41) is 14.1. The van der Waals surface area contributed by atoms with Crippen LogP contribution in [0.15, 0.2) is 22.7 Å². The number of carbonyl (C=O) groups excluding carboxylic acids is 2. The molecule has 158 valence electrons. The summed E-state index contributed by atoms with van der Waals surface area (Å²) in [6.07, 6.45) is 3.31. The Bertz CT molecular complexity index is 822. The number of aromatic nitrogens is 3. The van der Waals surface area contributed by atoms with Gasteiger partial charge < -0.3 is 14.6 Å². The number of thiophene rings is 1. The number of carbonyl (C=O) groups is 2. The van der Waals surface area contributed by atoms with Crippen LogP contribution in [0.4, 0.5) is 0 Å². The van der Waals surface area contributed by atoms with Crippen LogP contribution in [0, 0.1) is 11.8 Å². The first-order valence-electron chi connectivity index (χ1n) is 10.0. The minimum absolute atomic E-state index is 0.0900. The predicted octanol–water partition coefficient (Wildman–Crippen LogP) is 3.60. The van der Waals surface area contributed by atoms with Crippen LogP contribution < -0.4 is 5.32 Å². The van der Waals surface area contributed by atoms with Gasteiger partial charge in [-0.25, -0.2) is 0 Å². The van der Waals surface area contributed by atoms with Crippen molar-refractivity contribution in [2.75, 3.05) is 12.4 Å². The lowest BCUT2D eigenvalue weighted by molar-refractivity contribution is -0.146. The van der Waals surface area contributed by atoms with Crippen molar-refractivity contribution >= 4 is 35.0 Å². The third kappa shape index (κ3) is 5.60. The SMILES string of the molecule is CCn1c(SCC(=O)OCC(=O)N[C@@H]2CCC[C@H](C)[C@@H]2C)nnc1-c1cccs1. The average Bonchev–Trinajstić information content (AvgIpc) is 3.37. The molecule has 0 saturated heterocycles. The summed E-state index contributed by atoms with van der Waals surface area (Å²) in [5.74, 6) is 1.27. The molecular formula is C20H28N4O3S2. The van der Waals surface area contributed by atoms with Gasteiger partial charge in [-0.1, -0.05) is 44.5 Å². The van der Waals surface area contributed by atoms with Crippen molar-refractivity contribution in [2.45, 2.75) is 57.8 Å². The highest BCUT2D eigenvalue weighted by Gasteiger charge is 2.28. The number of hydrogen-bond donors (Lipinski definition) is 1. The lowest BCUT2D eigenvalue weighted by Gasteiger charge is -2.34. The number of rotatable bonds is 8. The smallest absolute Gasteiger partial charge is 0.316 e.